The van der Waals surface area contributed by atoms with Crippen LogP contribution in [0.5, 0.6) is 11.5 Å². The van der Waals surface area contributed by atoms with Gasteiger partial charge in [-0.3, -0.25) is 4.79 Å². The Hall–Kier alpha value is -3.25. The van der Waals surface area contributed by atoms with Gasteiger partial charge in [-0.15, -0.1) is 0 Å². The van der Waals surface area contributed by atoms with Crippen LogP contribution in [0.1, 0.15) is 12.5 Å². The van der Waals surface area contributed by atoms with Gasteiger partial charge >= 0.3 is 0 Å². The van der Waals surface area contributed by atoms with Crippen LogP contribution >= 0.6 is 11.6 Å². The summed E-state index contributed by atoms with van der Waals surface area (Å²) in [4.78, 5) is 16.7. The molecule has 1 N–H and O–H groups in total. The molecule has 0 atom stereocenters. The molecule has 2 heterocycles. The van der Waals surface area contributed by atoms with E-state index in [9.17, 15) is 4.79 Å². The Bertz CT molecular complexity index is 1050. The second-order valence-corrected chi connectivity index (χ2v) is 6.56. The van der Waals surface area contributed by atoms with E-state index in [-0.39, 0.29) is 12.5 Å². The van der Waals surface area contributed by atoms with Crippen molar-refractivity contribution in [1.82, 2.24) is 9.55 Å². The second kappa shape index (κ2) is 7.78. The van der Waals surface area contributed by atoms with E-state index in [1.165, 1.54) is 0 Å². The zero-order chi connectivity index (χ0) is 19.5. The molecule has 7 heteroatoms. The molecular weight excluding hydrogens is 378 g/mol. The zero-order valence-corrected chi connectivity index (χ0v) is 15.9. The molecule has 0 aliphatic carbocycles. The van der Waals surface area contributed by atoms with Crippen LogP contribution in [0.2, 0.25) is 5.02 Å². The monoisotopic (exact) mass is 395 g/mol. The number of rotatable bonds is 5. The van der Waals surface area contributed by atoms with Gasteiger partial charge in [0.05, 0.1) is 29.2 Å². The Morgan fingerprint density at radius 2 is 2.25 bits per heavy atom. The minimum atomic E-state index is -0.237. The number of carbonyl (C=O) groups is 1. The lowest BCUT2D eigenvalue weighted by molar-refractivity contribution is -0.113. The molecule has 0 saturated carbocycles. The number of imidazole rings is 1. The van der Waals surface area contributed by atoms with E-state index < -0.39 is 0 Å². The average Bonchev–Trinajstić information content (AvgIpc) is 3.22. The van der Waals surface area contributed by atoms with Gasteiger partial charge in [0.25, 0.3) is 5.91 Å². The van der Waals surface area contributed by atoms with Crippen molar-refractivity contribution in [2.75, 3.05) is 18.5 Å². The Labute approximate surface area is 167 Å². The van der Waals surface area contributed by atoms with E-state index >= 15 is 0 Å². The van der Waals surface area contributed by atoms with Crippen molar-refractivity contribution in [3.05, 3.63) is 71.3 Å². The first kappa shape index (κ1) is 18.1. The lowest BCUT2D eigenvalue weighted by atomic mass is 10.1. The zero-order valence-electron chi connectivity index (χ0n) is 15.2. The predicted octanol–water partition coefficient (Wildman–Crippen LogP) is 4.34. The number of benzene rings is 2. The number of nitrogens with one attached hydrogen (secondary N) is 1. The molecule has 0 bridgehead atoms. The molecule has 3 aromatic rings. The highest BCUT2D eigenvalue weighted by Gasteiger charge is 2.20. The van der Waals surface area contributed by atoms with Crippen LogP contribution in [0.15, 0.2) is 60.7 Å². The molecule has 28 heavy (non-hydrogen) atoms. The average molecular weight is 396 g/mol. The fraction of sp³-hybridized carbons (Fsp3) is 0.143. The van der Waals surface area contributed by atoms with Gasteiger partial charge in [0.15, 0.2) is 11.5 Å². The third-order valence-electron chi connectivity index (χ3n) is 4.29. The maximum absolute atomic E-state index is 12.7. The quantitative estimate of drug-likeness (QED) is 0.698. The molecule has 1 amide bonds. The van der Waals surface area contributed by atoms with Crippen molar-refractivity contribution < 1.29 is 14.3 Å². The standard InChI is InChI=1S/C21H18ClN3O3/c1-2-27-19-5-3-4-14-10-15(12-28-20(14)19)21(26)24-16-6-7-18(17(22)11-16)25-9-8-23-13-25/h3-11,13H,2,12H2,1H3,(H,24,26). The van der Waals surface area contributed by atoms with Gasteiger partial charge in [0, 0.05) is 23.6 Å². The number of amides is 1. The molecule has 0 unspecified atom stereocenters. The lowest BCUT2D eigenvalue weighted by Gasteiger charge is -2.20. The van der Waals surface area contributed by atoms with E-state index in [2.05, 4.69) is 10.3 Å². The first-order valence-electron chi connectivity index (χ1n) is 8.84. The summed E-state index contributed by atoms with van der Waals surface area (Å²) in [6.45, 7) is 2.64. The third kappa shape index (κ3) is 3.59. The smallest absolute Gasteiger partial charge is 0.255 e. The fourth-order valence-electron chi connectivity index (χ4n) is 2.99. The van der Waals surface area contributed by atoms with Crippen molar-refractivity contribution in [2.45, 2.75) is 6.92 Å². The number of anilines is 1. The maximum Gasteiger partial charge on any atom is 0.255 e. The number of ether oxygens (including phenoxy) is 2. The molecule has 1 aliphatic rings. The minimum Gasteiger partial charge on any atom is -0.490 e. The van der Waals surface area contributed by atoms with Gasteiger partial charge in [-0.25, -0.2) is 4.98 Å². The summed E-state index contributed by atoms with van der Waals surface area (Å²) in [5.74, 6) is 1.10. The molecule has 0 radical (unpaired) electrons. The van der Waals surface area contributed by atoms with Crippen molar-refractivity contribution in [2.24, 2.45) is 0 Å². The van der Waals surface area contributed by atoms with E-state index in [0.717, 1.165) is 11.3 Å². The van der Waals surface area contributed by atoms with Crippen molar-refractivity contribution in [3.8, 4) is 17.2 Å². The molecule has 2 aromatic carbocycles. The van der Waals surface area contributed by atoms with Gasteiger partial charge in [0.1, 0.15) is 6.61 Å². The number of hydrogen-bond acceptors (Lipinski definition) is 4. The highest BCUT2D eigenvalue weighted by atomic mass is 35.5. The molecule has 142 valence electrons. The number of fused-ring (bicyclic) bond motifs is 1. The van der Waals surface area contributed by atoms with Gasteiger partial charge in [-0.05, 0) is 37.3 Å². The highest BCUT2D eigenvalue weighted by molar-refractivity contribution is 6.32. The van der Waals surface area contributed by atoms with Crippen molar-refractivity contribution in [3.63, 3.8) is 0 Å². The Morgan fingerprint density at radius 3 is 3.00 bits per heavy atom. The summed E-state index contributed by atoms with van der Waals surface area (Å²) in [6, 6.07) is 10.9. The van der Waals surface area contributed by atoms with Gasteiger partial charge in [-0.2, -0.15) is 0 Å². The van der Waals surface area contributed by atoms with Crippen molar-refractivity contribution >= 4 is 29.3 Å². The van der Waals surface area contributed by atoms with Crippen LogP contribution < -0.4 is 14.8 Å². The van der Waals surface area contributed by atoms with Crippen LogP contribution in [0.3, 0.4) is 0 Å². The Kier molecular flexibility index (Phi) is 5.04. The van der Waals surface area contributed by atoms with Gasteiger partial charge in [0.2, 0.25) is 0 Å². The van der Waals surface area contributed by atoms with Crippen molar-refractivity contribution in [1.29, 1.82) is 0 Å². The van der Waals surface area contributed by atoms with E-state index in [1.54, 1.807) is 35.4 Å². The number of carbonyl (C=O) groups excluding carboxylic acids is 1. The Balaban J connectivity index is 1.53. The maximum atomic E-state index is 12.7. The fourth-order valence-corrected chi connectivity index (χ4v) is 3.27. The molecule has 6 nitrogen and oxygen atoms in total. The predicted molar refractivity (Wildman–Crippen MR) is 108 cm³/mol. The Morgan fingerprint density at radius 1 is 1.36 bits per heavy atom. The molecular formula is C21H18ClN3O3. The molecule has 4 rings (SSSR count). The summed E-state index contributed by atoms with van der Waals surface area (Å²) in [5, 5.41) is 3.38. The molecule has 1 aromatic heterocycles. The molecule has 0 fully saturated rings. The summed E-state index contributed by atoms with van der Waals surface area (Å²) < 4.78 is 13.2. The highest BCUT2D eigenvalue weighted by Crippen LogP contribution is 2.36. The van der Waals surface area contributed by atoms with E-state index in [4.69, 9.17) is 21.1 Å². The third-order valence-corrected chi connectivity index (χ3v) is 4.59. The summed E-state index contributed by atoms with van der Waals surface area (Å²) >= 11 is 6.35. The van der Waals surface area contributed by atoms with Gasteiger partial charge in [-0.1, -0.05) is 23.7 Å². The number of para-hydroxylation sites is 1. The number of aromatic nitrogens is 2. The van der Waals surface area contributed by atoms with Crippen LogP contribution in [-0.4, -0.2) is 28.7 Å². The second-order valence-electron chi connectivity index (χ2n) is 6.16. The first-order chi connectivity index (χ1) is 13.7. The van der Waals surface area contributed by atoms with Crippen LogP contribution in [0.4, 0.5) is 5.69 Å². The summed E-state index contributed by atoms with van der Waals surface area (Å²) in [5.41, 5.74) is 2.73. The molecule has 1 aliphatic heterocycles. The van der Waals surface area contributed by atoms with E-state index in [1.807, 2.05) is 37.3 Å². The number of hydrogen-bond donors (Lipinski definition) is 1. The number of nitrogens with zero attached hydrogens (tertiary/aromatic N) is 2. The topological polar surface area (TPSA) is 65.4 Å². The SMILES string of the molecule is CCOc1cccc2c1OCC(C(=O)Nc1ccc(-n3ccnc3)c(Cl)c1)=C2. The van der Waals surface area contributed by atoms with Crippen LogP contribution in [0.25, 0.3) is 11.8 Å². The number of halogens is 1. The van der Waals surface area contributed by atoms with Gasteiger partial charge < -0.3 is 19.4 Å². The summed E-state index contributed by atoms with van der Waals surface area (Å²) in [7, 11) is 0. The molecule has 0 saturated heterocycles. The largest absolute Gasteiger partial charge is 0.490 e. The lowest BCUT2D eigenvalue weighted by Crippen LogP contribution is -2.21. The minimum absolute atomic E-state index is 0.170. The van der Waals surface area contributed by atoms with Crippen LogP contribution in [0, 0.1) is 0 Å². The first-order valence-corrected chi connectivity index (χ1v) is 9.22. The van der Waals surface area contributed by atoms with Crippen LogP contribution in [-0.2, 0) is 4.79 Å². The molecule has 0 spiro atoms. The normalized spacial score (nSPS) is 12.6. The van der Waals surface area contributed by atoms with E-state index in [0.29, 0.717) is 34.4 Å². The summed E-state index contributed by atoms with van der Waals surface area (Å²) in [6.07, 6.45) is 6.96.